The molecule has 2 aromatic rings. The minimum atomic E-state index is 0.427. The molecule has 1 aliphatic rings. The van der Waals surface area contributed by atoms with Crippen molar-refractivity contribution in [1.82, 2.24) is 0 Å². The van der Waals surface area contributed by atoms with Crippen molar-refractivity contribution < 1.29 is 9.13 Å². The smallest absolute Gasteiger partial charge is 0.0829 e. The van der Waals surface area contributed by atoms with Gasteiger partial charge in [0, 0.05) is 7.11 Å². The molecule has 0 spiro atoms. The molecule has 1 fully saturated rings. The van der Waals surface area contributed by atoms with Crippen LogP contribution in [0, 0.1) is 5.92 Å². The van der Waals surface area contributed by atoms with Crippen LogP contribution in [-0.2, 0) is 11.3 Å². The van der Waals surface area contributed by atoms with Crippen molar-refractivity contribution in [3.05, 3.63) is 72.1 Å². The minimum Gasteiger partial charge on any atom is -0.380 e. The Labute approximate surface area is 144 Å². The monoisotopic (exact) mass is 324 g/mol. The summed E-state index contributed by atoms with van der Waals surface area (Å²) in [7, 11) is 1.72. The van der Waals surface area contributed by atoms with Crippen molar-refractivity contribution in [3.8, 4) is 11.1 Å². The number of rotatable bonds is 5. The van der Waals surface area contributed by atoms with E-state index in [1.807, 2.05) is 0 Å². The molecule has 24 heavy (non-hydrogen) atoms. The zero-order chi connectivity index (χ0) is 16.8. The topological polar surface area (TPSA) is 9.23 Å². The second-order valence-electron chi connectivity index (χ2n) is 6.68. The molecular formula is C22H25FO. The molecule has 0 aromatic heterocycles. The number of methoxy groups -OCH3 is 1. The Hall–Kier alpha value is -1.93. The van der Waals surface area contributed by atoms with Crippen LogP contribution in [0.3, 0.4) is 0 Å². The molecule has 0 amide bonds. The molecule has 0 saturated heterocycles. The highest BCUT2D eigenvalue weighted by Gasteiger charge is 2.20. The van der Waals surface area contributed by atoms with E-state index in [9.17, 15) is 4.39 Å². The second-order valence-corrected chi connectivity index (χ2v) is 6.68. The highest BCUT2D eigenvalue weighted by atomic mass is 19.1. The van der Waals surface area contributed by atoms with E-state index in [1.165, 1.54) is 22.3 Å². The van der Waals surface area contributed by atoms with E-state index in [1.54, 1.807) is 13.2 Å². The summed E-state index contributed by atoms with van der Waals surface area (Å²) in [5.41, 5.74) is 5.09. The van der Waals surface area contributed by atoms with Crippen LogP contribution >= 0.6 is 0 Å². The number of allylic oxidation sites excluding steroid dienone is 1. The van der Waals surface area contributed by atoms with E-state index in [0.717, 1.165) is 25.7 Å². The third-order valence-electron chi connectivity index (χ3n) is 5.10. The fourth-order valence-electron chi connectivity index (χ4n) is 3.66. The predicted octanol–water partition coefficient (Wildman–Crippen LogP) is 6.26. The largest absolute Gasteiger partial charge is 0.380 e. The summed E-state index contributed by atoms with van der Waals surface area (Å²) in [4.78, 5) is 0. The van der Waals surface area contributed by atoms with Crippen molar-refractivity contribution in [2.24, 2.45) is 5.92 Å². The lowest BCUT2D eigenvalue weighted by molar-refractivity contribution is 0.185. The van der Waals surface area contributed by atoms with Gasteiger partial charge in [0.2, 0.25) is 0 Å². The summed E-state index contributed by atoms with van der Waals surface area (Å²) < 4.78 is 17.4. The van der Waals surface area contributed by atoms with Crippen molar-refractivity contribution >= 4 is 0 Å². The van der Waals surface area contributed by atoms with Gasteiger partial charge in [-0.25, -0.2) is 4.39 Å². The van der Waals surface area contributed by atoms with E-state index in [2.05, 4.69) is 48.5 Å². The first kappa shape index (κ1) is 16.9. The van der Waals surface area contributed by atoms with Crippen LogP contribution in [0.4, 0.5) is 4.39 Å². The molecule has 0 atom stereocenters. The van der Waals surface area contributed by atoms with E-state index < -0.39 is 0 Å². The normalized spacial score (nSPS) is 21.2. The Kier molecular flexibility index (Phi) is 5.81. The van der Waals surface area contributed by atoms with Crippen LogP contribution in [0.5, 0.6) is 0 Å². The summed E-state index contributed by atoms with van der Waals surface area (Å²) in [6, 6.07) is 17.5. The fourth-order valence-corrected chi connectivity index (χ4v) is 3.66. The van der Waals surface area contributed by atoms with Crippen LogP contribution in [0.2, 0.25) is 0 Å². The number of hydrogen-bond acceptors (Lipinski definition) is 1. The highest BCUT2D eigenvalue weighted by Crippen LogP contribution is 2.37. The molecule has 0 N–H and O–H groups in total. The Balaban J connectivity index is 1.65. The first-order valence-electron chi connectivity index (χ1n) is 8.75. The molecule has 1 nitrogen and oxygen atoms in total. The molecule has 0 heterocycles. The number of halogens is 1. The first-order chi connectivity index (χ1) is 11.8. The third-order valence-corrected chi connectivity index (χ3v) is 5.10. The van der Waals surface area contributed by atoms with Gasteiger partial charge in [-0.05, 0) is 59.8 Å². The summed E-state index contributed by atoms with van der Waals surface area (Å²) >= 11 is 0. The van der Waals surface area contributed by atoms with Gasteiger partial charge < -0.3 is 4.74 Å². The van der Waals surface area contributed by atoms with Gasteiger partial charge >= 0.3 is 0 Å². The van der Waals surface area contributed by atoms with Crippen molar-refractivity contribution in [3.63, 3.8) is 0 Å². The van der Waals surface area contributed by atoms with Crippen molar-refractivity contribution in [2.45, 2.75) is 38.2 Å². The SMILES string of the molecule is COCc1ccc(-c2ccc(C3CCC(C=CF)CC3)cc2)cc1. The lowest BCUT2D eigenvalue weighted by atomic mass is 9.78. The Morgan fingerprint density at radius 2 is 1.50 bits per heavy atom. The molecule has 2 aromatic carbocycles. The second kappa shape index (κ2) is 8.25. The summed E-state index contributed by atoms with van der Waals surface area (Å²) in [6.07, 6.45) is 6.91. The standard InChI is InChI=1S/C22H25FO/c1-24-16-18-4-8-20(9-5-18)22-12-10-21(11-13-22)19-6-2-17(3-7-19)14-15-23/h4-5,8-15,17,19H,2-3,6-7,16H2,1H3. The van der Waals surface area contributed by atoms with E-state index >= 15 is 0 Å². The summed E-state index contributed by atoms with van der Waals surface area (Å²) in [5.74, 6) is 1.04. The van der Waals surface area contributed by atoms with Gasteiger partial charge in [0.05, 0.1) is 12.9 Å². The van der Waals surface area contributed by atoms with Gasteiger partial charge in [-0.15, -0.1) is 0 Å². The molecule has 2 heteroatoms. The van der Waals surface area contributed by atoms with Gasteiger partial charge in [0.25, 0.3) is 0 Å². The van der Waals surface area contributed by atoms with Crippen LogP contribution < -0.4 is 0 Å². The van der Waals surface area contributed by atoms with Gasteiger partial charge in [-0.1, -0.05) is 54.6 Å². The molecular weight excluding hydrogens is 299 g/mol. The molecule has 126 valence electrons. The Morgan fingerprint density at radius 3 is 2.04 bits per heavy atom. The quantitative estimate of drug-likeness (QED) is 0.631. The lowest BCUT2D eigenvalue weighted by Crippen LogP contribution is -2.11. The number of benzene rings is 2. The van der Waals surface area contributed by atoms with E-state index in [4.69, 9.17) is 4.74 Å². The Bertz CT molecular complexity index is 649. The summed E-state index contributed by atoms with van der Waals surface area (Å²) in [6.45, 7) is 0.652. The number of hydrogen-bond donors (Lipinski definition) is 0. The zero-order valence-corrected chi connectivity index (χ0v) is 14.2. The van der Waals surface area contributed by atoms with Crippen LogP contribution in [-0.4, -0.2) is 7.11 Å². The molecule has 0 bridgehead atoms. The molecule has 1 saturated carbocycles. The highest BCUT2D eigenvalue weighted by molar-refractivity contribution is 5.64. The van der Waals surface area contributed by atoms with Crippen molar-refractivity contribution in [2.75, 3.05) is 7.11 Å². The molecule has 1 aliphatic carbocycles. The first-order valence-corrected chi connectivity index (χ1v) is 8.75. The average molecular weight is 324 g/mol. The minimum absolute atomic E-state index is 0.427. The van der Waals surface area contributed by atoms with Gasteiger partial charge in [-0.3, -0.25) is 0 Å². The van der Waals surface area contributed by atoms with Crippen LogP contribution in [0.25, 0.3) is 11.1 Å². The predicted molar refractivity (Wildman–Crippen MR) is 97.5 cm³/mol. The Morgan fingerprint density at radius 1 is 0.917 bits per heavy atom. The summed E-state index contributed by atoms with van der Waals surface area (Å²) in [5, 5.41) is 0. The van der Waals surface area contributed by atoms with Gasteiger partial charge in [-0.2, -0.15) is 0 Å². The van der Waals surface area contributed by atoms with E-state index in [-0.39, 0.29) is 0 Å². The maximum Gasteiger partial charge on any atom is 0.0829 e. The lowest BCUT2D eigenvalue weighted by Gasteiger charge is -2.27. The zero-order valence-electron chi connectivity index (χ0n) is 14.2. The van der Waals surface area contributed by atoms with Crippen LogP contribution in [0.1, 0.15) is 42.7 Å². The molecule has 0 radical (unpaired) electrons. The molecule has 3 rings (SSSR count). The van der Waals surface area contributed by atoms with Crippen molar-refractivity contribution in [1.29, 1.82) is 0 Å². The molecule has 0 aliphatic heterocycles. The van der Waals surface area contributed by atoms with Gasteiger partial charge in [0.1, 0.15) is 0 Å². The van der Waals surface area contributed by atoms with Gasteiger partial charge in [0.15, 0.2) is 0 Å². The maximum absolute atomic E-state index is 12.3. The fraction of sp³-hybridized carbons (Fsp3) is 0.364. The van der Waals surface area contributed by atoms with E-state index in [0.29, 0.717) is 24.8 Å². The third kappa shape index (κ3) is 4.12. The number of ether oxygens (including phenoxy) is 1. The maximum atomic E-state index is 12.3. The average Bonchev–Trinajstić information content (AvgIpc) is 2.64. The van der Waals surface area contributed by atoms with Crippen LogP contribution in [0.15, 0.2) is 60.9 Å². The molecule has 0 unspecified atom stereocenters.